The molecular formula is C13H16F3N3OS. The molecule has 2 N–H and O–H groups in total. The summed E-state index contributed by atoms with van der Waals surface area (Å²) in [6, 6.07) is 3.45. The van der Waals surface area contributed by atoms with Crippen molar-refractivity contribution in [3.63, 3.8) is 0 Å². The van der Waals surface area contributed by atoms with E-state index >= 15 is 0 Å². The molecule has 4 nitrogen and oxygen atoms in total. The summed E-state index contributed by atoms with van der Waals surface area (Å²) in [5, 5.41) is 0. The van der Waals surface area contributed by atoms with Crippen molar-refractivity contribution in [3.8, 4) is 0 Å². The molecule has 0 aliphatic rings. The lowest BCUT2D eigenvalue weighted by molar-refractivity contribution is -0.137. The van der Waals surface area contributed by atoms with Crippen LogP contribution in [0.25, 0.3) is 0 Å². The number of amides is 1. The Morgan fingerprint density at radius 3 is 2.29 bits per heavy atom. The number of carbonyl (C=O) groups excluding carboxylic acids is 1. The van der Waals surface area contributed by atoms with Crippen LogP contribution in [0.15, 0.2) is 18.2 Å². The summed E-state index contributed by atoms with van der Waals surface area (Å²) in [6.45, 7) is 0.0368. The van der Waals surface area contributed by atoms with Crippen LogP contribution in [-0.2, 0) is 11.0 Å². The maximum absolute atomic E-state index is 12.9. The minimum atomic E-state index is -4.53. The van der Waals surface area contributed by atoms with Crippen LogP contribution < -0.4 is 10.6 Å². The minimum absolute atomic E-state index is 0.0368. The molecule has 1 amide bonds. The maximum Gasteiger partial charge on any atom is 0.417 e. The molecule has 8 heteroatoms. The van der Waals surface area contributed by atoms with Crippen molar-refractivity contribution in [1.29, 1.82) is 0 Å². The molecule has 0 unspecified atom stereocenters. The second kappa shape index (κ2) is 6.30. The van der Waals surface area contributed by atoms with Crippen molar-refractivity contribution in [2.75, 3.05) is 32.6 Å². The number of nitrogens with zero attached hydrogens (tertiary/aromatic N) is 2. The molecule has 0 saturated heterocycles. The van der Waals surface area contributed by atoms with Crippen molar-refractivity contribution in [2.45, 2.75) is 6.18 Å². The smallest absolute Gasteiger partial charge is 0.389 e. The molecule has 0 atom stereocenters. The van der Waals surface area contributed by atoms with Gasteiger partial charge in [-0.25, -0.2) is 0 Å². The Bertz CT molecular complexity index is 558. The number of rotatable bonds is 4. The molecule has 0 saturated carbocycles. The molecule has 0 heterocycles. The summed E-state index contributed by atoms with van der Waals surface area (Å²) in [7, 11) is 4.81. The SMILES string of the molecule is CN(C)C(=O)CN(C)c1ccc(C(F)(F)F)c(C(N)=S)c1. The van der Waals surface area contributed by atoms with Gasteiger partial charge in [0.2, 0.25) is 5.91 Å². The Labute approximate surface area is 126 Å². The molecule has 0 aromatic heterocycles. The lowest BCUT2D eigenvalue weighted by atomic mass is 10.1. The third-order valence-electron chi connectivity index (χ3n) is 2.89. The van der Waals surface area contributed by atoms with E-state index in [0.717, 1.165) is 6.07 Å². The first-order valence-corrected chi connectivity index (χ1v) is 6.37. The van der Waals surface area contributed by atoms with Crippen molar-refractivity contribution in [3.05, 3.63) is 29.3 Å². The van der Waals surface area contributed by atoms with Gasteiger partial charge in [0.1, 0.15) is 4.99 Å². The first-order valence-electron chi connectivity index (χ1n) is 5.96. The fourth-order valence-electron chi connectivity index (χ4n) is 1.66. The summed E-state index contributed by atoms with van der Waals surface area (Å²) >= 11 is 4.68. The number of benzene rings is 1. The predicted octanol–water partition coefficient (Wildman–Crippen LogP) is 1.86. The molecule has 0 spiro atoms. The standard InChI is InChI=1S/C13H16F3N3OS/c1-18(2)11(20)7-19(3)8-4-5-10(13(14,15)16)9(6-8)12(17)21/h4-6H,7H2,1-3H3,(H2,17,21). The van der Waals surface area contributed by atoms with E-state index in [9.17, 15) is 18.0 Å². The van der Waals surface area contributed by atoms with Crippen LogP contribution in [0.5, 0.6) is 0 Å². The van der Waals surface area contributed by atoms with Gasteiger partial charge in [-0.3, -0.25) is 4.79 Å². The zero-order valence-electron chi connectivity index (χ0n) is 11.9. The zero-order chi connectivity index (χ0) is 16.4. The molecular weight excluding hydrogens is 303 g/mol. The summed E-state index contributed by atoms with van der Waals surface area (Å²) in [5.41, 5.74) is 4.66. The molecule has 0 fully saturated rings. The van der Waals surface area contributed by atoms with E-state index in [1.807, 2.05) is 0 Å². The van der Waals surface area contributed by atoms with E-state index in [2.05, 4.69) is 12.2 Å². The van der Waals surface area contributed by atoms with E-state index in [-0.39, 0.29) is 23.0 Å². The maximum atomic E-state index is 12.9. The molecule has 1 aromatic rings. The molecule has 0 radical (unpaired) electrons. The quantitative estimate of drug-likeness (QED) is 0.861. The predicted molar refractivity (Wildman–Crippen MR) is 79.3 cm³/mol. The number of hydrogen-bond acceptors (Lipinski definition) is 3. The number of carbonyl (C=O) groups is 1. The number of anilines is 1. The van der Waals surface area contributed by atoms with Crippen molar-refractivity contribution >= 4 is 28.8 Å². The third kappa shape index (κ3) is 4.32. The Hall–Kier alpha value is -1.83. The highest BCUT2D eigenvalue weighted by atomic mass is 32.1. The van der Waals surface area contributed by atoms with Crippen LogP contribution in [0.1, 0.15) is 11.1 Å². The van der Waals surface area contributed by atoms with Crippen LogP contribution in [0.4, 0.5) is 18.9 Å². The van der Waals surface area contributed by atoms with E-state index in [0.29, 0.717) is 5.69 Å². The van der Waals surface area contributed by atoms with E-state index in [1.54, 1.807) is 21.1 Å². The van der Waals surface area contributed by atoms with Crippen molar-refractivity contribution in [1.82, 2.24) is 4.90 Å². The highest BCUT2D eigenvalue weighted by Gasteiger charge is 2.34. The van der Waals surface area contributed by atoms with Crippen molar-refractivity contribution in [2.24, 2.45) is 5.73 Å². The zero-order valence-corrected chi connectivity index (χ0v) is 12.7. The van der Waals surface area contributed by atoms with E-state index in [4.69, 9.17) is 5.73 Å². The summed E-state index contributed by atoms with van der Waals surface area (Å²) in [6.07, 6.45) is -4.53. The van der Waals surface area contributed by atoms with Crippen LogP contribution in [0.2, 0.25) is 0 Å². The fraction of sp³-hybridized carbons (Fsp3) is 0.385. The fourth-order valence-corrected chi connectivity index (χ4v) is 1.83. The number of nitrogens with two attached hydrogens (primary N) is 1. The first-order chi connectivity index (χ1) is 9.54. The van der Waals surface area contributed by atoms with Crippen LogP contribution in [-0.4, -0.2) is 43.5 Å². The molecule has 116 valence electrons. The highest BCUT2D eigenvalue weighted by Crippen LogP contribution is 2.33. The normalized spacial score (nSPS) is 11.1. The lowest BCUT2D eigenvalue weighted by Gasteiger charge is -2.22. The molecule has 1 aromatic carbocycles. The molecule has 0 bridgehead atoms. The Balaban J connectivity index is 3.14. The Morgan fingerprint density at radius 1 is 1.29 bits per heavy atom. The van der Waals surface area contributed by atoms with Crippen LogP contribution in [0.3, 0.4) is 0 Å². The number of halogens is 3. The third-order valence-corrected chi connectivity index (χ3v) is 3.11. The van der Waals surface area contributed by atoms with Gasteiger partial charge in [0.25, 0.3) is 0 Å². The average molecular weight is 319 g/mol. The van der Waals surface area contributed by atoms with Gasteiger partial charge in [0.05, 0.1) is 12.1 Å². The number of likely N-dealkylation sites (N-methyl/N-ethyl adjacent to an activating group) is 2. The van der Waals surface area contributed by atoms with Gasteiger partial charge in [-0.2, -0.15) is 13.2 Å². The molecule has 21 heavy (non-hydrogen) atoms. The van der Waals surface area contributed by atoms with Gasteiger partial charge in [0, 0.05) is 32.4 Å². The number of hydrogen-bond donors (Lipinski definition) is 1. The summed E-state index contributed by atoms with van der Waals surface area (Å²) in [4.78, 5) is 14.2. The van der Waals surface area contributed by atoms with Gasteiger partial charge >= 0.3 is 6.18 Å². The Morgan fingerprint density at radius 2 is 1.86 bits per heavy atom. The van der Waals surface area contributed by atoms with E-state index in [1.165, 1.54) is 21.9 Å². The van der Waals surface area contributed by atoms with Gasteiger partial charge in [-0.1, -0.05) is 12.2 Å². The van der Waals surface area contributed by atoms with Gasteiger partial charge in [0.15, 0.2) is 0 Å². The first kappa shape index (κ1) is 17.2. The average Bonchev–Trinajstić information content (AvgIpc) is 2.36. The second-order valence-corrected chi connectivity index (χ2v) is 5.18. The highest BCUT2D eigenvalue weighted by molar-refractivity contribution is 7.80. The second-order valence-electron chi connectivity index (χ2n) is 4.74. The largest absolute Gasteiger partial charge is 0.417 e. The molecule has 1 rings (SSSR count). The summed E-state index contributed by atoms with van der Waals surface area (Å²) in [5.74, 6) is -0.172. The van der Waals surface area contributed by atoms with Gasteiger partial charge < -0.3 is 15.5 Å². The summed E-state index contributed by atoms with van der Waals surface area (Å²) < 4.78 is 38.6. The van der Waals surface area contributed by atoms with E-state index < -0.39 is 11.7 Å². The molecule has 0 aliphatic carbocycles. The topological polar surface area (TPSA) is 49.6 Å². The number of thiocarbonyl (C=S) groups is 1. The Kier molecular flexibility index (Phi) is 5.16. The minimum Gasteiger partial charge on any atom is -0.389 e. The van der Waals surface area contributed by atoms with Crippen molar-refractivity contribution < 1.29 is 18.0 Å². The van der Waals surface area contributed by atoms with Crippen LogP contribution in [0, 0.1) is 0 Å². The van der Waals surface area contributed by atoms with Gasteiger partial charge in [-0.15, -0.1) is 0 Å². The monoisotopic (exact) mass is 319 g/mol. The lowest BCUT2D eigenvalue weighted by Crippen LogP contribution is -2.34. The molecule has 0 aliphatic heterocycles. The van der Waals surface area contributed by atoms with Crippen LogP contribution >= 0.6 is 12.2 Å². The van der Waals surface area contributed by atoms with Gasteiger partial charge in [-0.05, 0) is 18.2 Å². The number of alkyl halides is 3.